The first kappa shape index (κ1) is 16.4. The third-order valence-corrected chi connectivity index (χ3v) is 4.01. The number of benzene rings is 1. The lowest BCUT2D eigenvalue weighted by Crippen LogP contribution is -2.30. The van der Waals surface area contributed by atoms with Crippen LogP contribution >= 0.6 is 0 Å². The molecular weight excluding hydrogens is 250 g/mol. The number of rotatable bonds is 7. The second kappa shape index (κ2) is 7.19. The van der Waals surface area contributed by atoms with Crippen molar-refractivity contribution >= 4 is 0 Å². The second-order valence-corrected chi connectivity index (χ2v) is 5.41. The van der Waals surface area contributed by atoms with Gasteiger partial charge in [-0.3, -0.25) is 0 Å². The summed E-state index contributed by atoms with van der Waals surface area (Å²) < 4.78 is 10.6. The van der Waals surface area contributed by atoms with Gasteiger partial charge in [-0.15, -0.1) is 0 Å². The molecule has 0 radical (unpaired) electrons. The van der Waals surface area contributed by atoms with E-state index >= 15 is 0 Å². The summed E-state index contributed by atoms with van der Waals surface area (Å²) in [7, 11) is 3.24. The van der Waals surface area contributed by atoms with Crippen LogP contribution in [0.5, 0.6) is 11.5 Å². The number of ether oxygens (including phenoxy) is 2. The van der Waals surface area contributed by atoms with Crippen molar-refractivity contribution in [2.24, 2.45) is 5.92 Å². The summed E-state index contributed by atoms with van der Waals surface area (Å²) >= 11 is 0. The number of hydrogen-bond acceptors (Lipinski definition) is 3. The quantitative estimate of drug-likeness (QED) is 0.744. The molecule has 1 atom stereocenters. The summed E-state index contributed by atoms with van der Waals surface area (Å²) in [5.41, 5.74) is 0.552. The maximum Gasteiger partial charge on any atom is 0.161 e. The Morgan fingerprint density at radius 3 is 2.30 bits per heavy atom. The van der Waals surface area contributed by atoms with E-state index in [2.05, 4.69) is 26.8 Å². The monoisotopic (exact) mass is 275 g/mol. The van der Waals surface area contributed by atoms with Gasteiger partial charge in [0.05, 0.1) is 25.7 Å². The highest BCUT2D eigenvalue weighted by atomic mass is 16.5. The van der Waals surface area contributed by atoms with Gasteiger partial charge in [0.1, 0.15) is 0 Å². The SMILES string of the molecule is CCCCC(C#N)(c1ccc(OC)c(OC)c1)C(C)C. The standard InChI is InChI=1S/C17H25NO2/c1-6-7-10-17(12-18,13(2)3)14-8-9-15(19-4)16(11-14)20-5/h8-9,11,13H,6-7,10H2,1-5H3. The first-order valence-corrected chi connectivity index (χ1v) is 7.19. The normalized spacial score (nSPS) is 13.7. The average Bonchev–Trinajstić information content (AvgIpc) is 2.47. The highest BCUT2D eigenvalue weighted by molar-refractivity contribution is 5.47. The van der Waals surface area contributed by atoms with Crippen molar-refractivity contribution in [3.63, 3.8) is 0 Å². The van der Waals surface area contributed by atoms with Gasteiger partial charge >= 0.3 is 0 Å². The number of methoxy groups -OCH3 is 2. The number of unbranched alkanes of at least 4 members (excludes halogenated alkanes) is 1. The van der Waals surface area contributed by atoms with E-state index in [1.54, 1.807) is 14.2 Å². The van der Waals surface area contributed by atoms with Crippen LogP contribution in [-0.4, -0.2) is 14.2 Å². The van der Waals surface area contributed by atoms with Gasteiger partial charge in [-0.05, 0) is 30.0 Å². The Balaban J connectivity index is 3.31. The molecule has 0 saturated heterocycles. The Labute approximate surface area is 122 Å². The van der Waals surface area contributed by atoms with E-state index in [1.165, 1.54) is 0 Å². The van der Waals surface area contributed by atoms with Crippen LogP contribution in [0.4, 0.5) is 0 Å². The second-order valence-electron chi connectivity index (χ2n) is 5.41. The van der Waals surface area contributed by atoms with Crippen molar-refractivity contribution < 1.29 is 9.47 Å². The molecule has 0 bridgehead atoms. The summed E-state index contributed by atoms with van der Waals surface area (Å²) in [5, 5.41) is 9.80. The molecule has 0 spiro atoms. The predicted octanol–water partition coefficient (Wildman–Crippen LogP) is 4.31. The van der Waals surface area contributed by atoms with Crippen molar-refractivity contribution in [1.29, 1.82) is 5.26 Å². The van der Waals surface area contributed by atoms with E-state index in [4.69, 9.17) is 9.47 Å². The zero-order chi connectivity index (χ0) is 15.2. The smallest absolute Gasteiger partial charge is 0.161 e. The van der Waals surface area contributed by atoms with E-state index in [-0.39, 0.29) is 5.92 Å². The molecule has 0 heterocycles. The van der Waals surface area contributed by atoms with Crippen LogP contribution in [0.2, 0.25) is 0 Å². The molecule has 1 unspecified atom stereocenters. The molecule has 1 rings (SSSR count). The van der Waals surface area contributed by atoms with Crippen molar-refractivity contribution in [2.75, 3.05) is 14.2 Å². The molecule has 3 heteroatoms. The van der Waals surface area contributed by atoms with Gasteiger partial charge in [-0.25, -0.2) is 0 Å². The maximum absolute atomic E-state index is 9.80. The van der Waals surface area contributed by atoms with Gasteiger partial charge in [-0.1, -0.05) is 39.7 Å². The van der Waals surface area contributed by atoms with Gasteiger partial charge in [0.15, 0.2) is 11.5 Å². The van der Waals surface area contributed by atoms with E-state index < -0.39 is 5.41 Å². The molecule has 0 aromatic heterocycles. The molecule has 3 nitrogen and oxygen atoms in total. The molecule has 1 aromatic carbocycles. The zero-order valence-electron chi connectivity index (χ0n) is 13.2. The van der Waals surface area contributed by atoms with Crippen LogP contribution in [0.3, 0.4) is 0 Å². The van der Waals surface area contributed by atoms with E-state index in [0.717, 1.165) is 24.8 Å². The third-order valence-electron chi connectivity index (χ3n) is 4.01. The fourth-order valence-corrected chi connectivity index (χ4v) is 2.59. The molecule has 0 fully saturated rings. The van der Waals surface area contributed by atoms with Crippen LogP contribution in [-0.2, 0) is 5.41 Å². The number of nitrogens with zero attached hydrogens (tertiary/aromatic N) is 1. The summed E-state index contributed by atoms with van der Waals surface area (Å²) in [6, 6.07) is 8.37. The minimum absolute atomic E-state index is 0.247. The van der Waals surface area contributed by atoms with E-state index in [0.29, 0.717) is 11.5 Å². The van der Waals surface area contributed by atoms with Crippen LogP contribution in [0.15, 0.2) is 18.2 Å². The summed E-state index contributed by atoms with van der Waals surface area (Å²) in [6.07, 6.45) is 3.00. The Morgan fingerprint density at radius 1 is 1.20 bits per heavy atom. The molecule has 0 N–H and O–H groups in total. The fraction of sp³-hybridized carbons (Fsp3) is 0.588. The van der Waals surface area contributed by atoms with Crippen molar-refractivity contribution in [3.05, 3.63) is 23.8 Å². The van der Waals surface area contributed by atoms with Crippen LogP contribution in [0.25, 0.3) is 0 Å². The Bertz CT molecular complexity index is 476. The minimum atomic E-state index is -0.463. The highest BCUT2D eigenvalue weighted by Crippen LogP contribution is 2.40. The first-order chi connectivity index (χ1) is 9.55. The predicted molar refractivity (Wildman–Crippen MR) is 81.2 cm³/mol. The molecule has 110 valence electrons. The summed E-state index contributed by atoms with van der Waals surface area (Å²) in [4.78, 5) is 0. The molecule has 1 aromatic rings. The van der Waals surface area contributed by atoms with Crippen LogP contribution in [0, 0.1) is 17.2 Å². The third kappa shape index (κ3) is 3.07. The molecular formula is C17H25NO2. The highest BCUT2D eigenvalue weighted by Gasteiger charge is 2.36. The lowest BCUT2D eigenvalue weighted by atomic mass is 9.69. The Hall–Kier alpha value is -1.69. The van der Waals surface area contributed by atoms with Crippen LogP contribution in [0.1, 0.15) is 45.6 Å². The fourth-order valence-electron chi connectivity index (χ4n) is 2.59. The molecule has 0 aliphatic heterocycles. The molecule has 0 aliphatic carbocycles. The van der Waals surface area contributed by atoms with Crippen molar-refractivity contribution in [2.45, 2.75) is 45.4 Å². The lowest BCUT2D eigenvalue weighted by molar-refractivity contribution is 0.341. The lowest BCUT2D eigenvalue weighted by Gasteiger charge is -2.31. The summed E-state index contributed by atoms with van der Waals surface area (Å²) in [5.74, 6) is 1.63. The largest absolute Gasteiger partial charge is 0.493 e. The van der Waals surface area contributed by atoms with Gasteiger partial charge in [-0.2, -0.15) is 5.26 Å². The first-order valence-electron chi connectivity index (χ1n) is 7.19. The number of nitriles is 1. The van der Waals surface area contributed by atoms with Gasteiger partial charge in [0.25, 0.3) is 0 Å². The van der Waals surface area contributed by atoms with Crippen LogP contribution < -0.4 is 9.47 Å². The molecule has 0 aliphatic rings. The minimum Gasteiger partial charge on any atom is -0.493 e. The van der Waals surface area contributed by atoms with Crippen molar-refractivity contribution in [1.82, 2.24) is 0 Å². The zero-order valence-corrected chi connectivity index (χ0v) is 13.2. The number of hydrogen-bond donors (Lipinski definition) is 0. The van der Waals surface area contributed by atoms with E-state index in [9.17, 15) is 5.26 Å². The topological polar surface area (TPSA) is 42.2 Å². The maximum atomic E-state index is 9.80. The van der Waals surface area contributed by atoms with Gasteiger partial charge in [0, 0.05) is 0 Å². The Morgan fingerprint density at radius 2 is 1.85 bits per heavy atom. The van der Waals surface area contributed by atoms with Gasteiger partial charge < -0.3 is 9.47 Å². The Kier molecular flexibility index (Phi) is 5.88. The van der Waals surface area contributed by atoms with Gasteiger partial charge in [0.2, 0.25) is 0 Å². The molecule has 0 amide bonds. The van der Waals surface area contributed by atoms with Crippen molar-refractivity contribution in [3.8, 4) is 17.6 Å². The average molecular weight is 275 g/mol. The summed E-state index contributed by atoms with van der Waals surface area (Å²) in [6.45, 7) is 6.36. The van der Waals surface area contributed by atoms with E-state index in [1.807, 2.05) is 18.2 Å². The molecule has 20 heavy (non-hydrogen) atoms. The molecule has 0 saturated carbocycles.